The van der Waals surface area contributed by atoms with Crippen molar-refractivity contribution >= 4 is 23.2 Å². The molecular formula is C12H14N4O3. The van der Waals surface area contributed by atoms with Crippen molar-refractivity contribution in [3.63, 3.8) is 0 Å². The molecule has 1 aromatic heterocycles. The van der Waals surface area contributed by atoms with Gasteiger partial charge in [0.05, 0.1) is 7.11 Å². The van der Waals surface area contributed by atoms with Gasteiger partial charge < -0.3 is 10.1 Å². The van der Waals surface area contributed by atoms with E-state index in [1.54, 1.807) is 18.3 Å². The Morgan fingerprint density at radius 1 is 1.47 bits per heavy atom. The van der Waals surface area contributed by atoms with Crippen LogP contribution in [-0.4, -0.2) is 41.7 Å². The van der Waals surface area contributed by atoms with Crippen molar-refractivity contribution in [2.75, 3.05) is 19.5 Å². The zero-order valence-electron chi connectivity index (χ0n) is 10.7. The molecule has 0 saturated carbocycles. The van der Waals surface area contributed by atoms with Gasteiger partial charge in [-0.1, -0.05) is 0 Å². The average Bonchev–Trinajstić information content (AvgIpc) is 2.42. The van der Waals surface area contributed by atoms with Gasteiger partial charge in [0.2, 0.25) is 11.8 Å². The van der Waals surface area contributed by atoms with Crippen LogP contribution in [0.1, 0.15) is 12.8 Å². The Kier molecular flexibility index (Phi) is 3.74. The summed E-state index contributed by atoms with van der Waals surface area (Å²) in [5.74, 6) is -0.127. The minimum atomic E-state index is -0.356. The number of aromatic nitrogens is 1. The summed E-state index contributed by atoms with van der Waals surface area (Å²) in [5.41, 5.74) is 0.783. The normalized spacial score (nSPS) is 14.9. The fraction of sp³-hybridized carbons (Fsp3) is 0.333. The monoisotopic (exact) mass is 262 g/mol. The van der Waals surface area contributed by atoms with Gasteiger partial charge in [-0.2, -0.15) is 5.10 Å². The smallest absolute Gasteiger partial charge is 0.272 e. The number of hydrogen-bond acceptors (Lipinski definition) is 5. The van der Waals surface area contributed by atoms with E-state index in [0.717, 1.165) is 0 Å². The van der Waals surface area contributed by atoms with Crippen LogP contribution in [0.4, 0.5) is 5.69 Å². The first-order valence-corrected chi connectivity index (χ1v) is 5.76. The number of methoxy groups -OCH3 is 1. The third-order valence-corrected chi connectivity index (χ3v) is 2.68. The standard InChI is InChI=1S/C12H14N4O3/c1-16-10(17)6-5-8(15-16)11(18)14-9-4-3-7-13-12(9)19-2/h3-4,7H,5-6H2,1-2H3,(H,14,18). The van der Waals surface area contributed by atoms with E-state index in [1.165, 1.54) is 19.2 Å². The third kappa shape index (κ3) is 2.87. The average molecular weight is 262 g/mol. The summed E-state index contributed by atoms with van der Waals surface area (Å²) < 4.78 is 5.04. The van der Waals surface area contributed by atoms with E-state index in [1.807, 2.05) is 0 Å². The second-order valence-corrected chi connectivity index (χ2v) is 3.98. The Morgan fingerprint density at radius 3 is 2.95 bits per heavy atom. The van der Waals surface area contributed by atoms with Gasteiger partial charge >= 0.3 is 0 Å². The second-order valence-electron chi connectivity index (χ2n) is 3.98. The van der Waals surface area contributed by atoms with E-state index in [2.05, 4.69) is 15.4 Å². The van der Waals surface area contributed by atoms with E-state index in [0.29, 0.717) is 23.7 Å². The molecule has 0 unspecified atom stereocenters. The first-order chi connectivity index (χ1) is 9.11. The summed E-state index contributed by atoms with van der Waals surface area (Å²) in [6.07, 6.45) is 2.18. The maximum atomic E-state index is 12.0. The number of ether oxygens (including phenoxy) is 1. The van der Waals surface area contributed by atoms with E-state index >= 15 is 0 Å². The molecule has 1 aliphatic heterocycles. The van der Waals surface area contributed by atoms with Crippen molar-refractivity contribution in [3.8, 4) is 5.88 Å². The quantitative estimate of drug-likeness (QED) is 0.866. The van der Waals surface area contributed by atoms with E-state index < -0.39 is 0 Å². The second kappa shape index (κ2) is 5.47. The molecule has 0 aliphatic carbocycles. The maximum Gasteiger partial charge on any atom is 0.272 e. The first-order valence-electron chi connectivity index (χ1n) is 5.76. The predicted octanol–water partition coefficient (Wildman–Crippen LogP) is 0.637. The molecule has 0 atom stereocenters. The molecule has 7 nitrogen and oxygen atoms in total. The summed E-state index contributed by atoms with van der Waals surface area (Å²) in [4.78, 5) is 27.3. The number of amides is 2. The van der Waals surface area contributed by atoms with Crippen LogP contribution in [0, 0.1) is 0 Å². The van der Waals surface area contributed by atoms with Crippen LogP contribution in [0.2, 0.25) is 0 Å². The Balaban J connectivity index is 2.13. The molecule has 7 heteroatoms. The Hall–Kier alpha value is -2.44. The van der Waals surface area contributed by atoms with Gasteiger partial charge in [-0.3, -0.25) is 9.59 Å². The number of nitrogens with zero attached hydrogens (tertiary/aromatic N) is 3. The lowest BCUT2D eigenvalue weighted by molar-refractivity contribution is -0.130. The molecule has 1 aliphatic rings. The molecule has 0 aromatic carbocycles. The highest BCUT2D eigenvalue weighted by Crippen LogP contribution is 2.20. The highest BCUT2D eigenvalue weighted by Gasteiger charge is 2.22. The van der Waals surface area contributed by atoms with Crippen molar-refractivity contribution < 1.29 is 14.3 Å². The van der Waals surface area contributed by atoms with Gasteiger partial charge in [0, 0.05) is 26.1 Å². The maximum absolute atomic E-state index is 12.0. The minimum absolute atomic E-state index is 0.101. The van der Waals surface area contributed by atoms with Gasteiger partial charge in [-0.25, -0.2) is 9.99 Å². The van der Waals surface area contributed by atoms with E-state index in [9.17, 15) is 9.59 Å². The summed E-state index contributed by atoms with van der Waals surface area (Å²) in [5, 5.41) is 7.79. The van der Waals surface area contributed by atoms with Crippen LogP contribution in [0.5, 0.6) is 5.88 Å². The number of rotatable bonds is 3. The highest BCUT2D eigenvalue weighted by molar-refractivity contribution is 6.43. The number of hydrazone groups is 1. The van der Waals surface area contributed by atoms with Crippen LogP contribution < -0.4 is 10.1 Å². The van der Waals surface area contributed by atoms with Crippen LogP contribution in [-0.2, 0) is 9.59 Å². The molecule has 0 spiro atoms. The molecule has 2 rings (SSSR count). The zero-order valence-corrected chi connectivity index (χ0v) is 10.7. The molecule has 0 bridgehead atoms. The Morgan fingerprint density at radius 2 is 2.26 bits per heavy atom. The molecule has 19 heavy (non-hydrogen) atoms. The molecule has 2 heterocycles. The highest BCUT2D eigenvalue weighted by atomic mass is 16.5. The molecule has 0 fully saturated rings. The van der Waals surface area contributed by atoms with Crippen LogP contribution >= 0.6 is 0 Å². The third-order valence-electron chi connectivity index (χ3n) is 2.68. The molecule has 100 valence electrons. The lowest BCUT2D eigenvalue weighted by Gasteiger charge is -2.19. The summed E-state index contributed by atoms with van der Waals surface area (Å²) >= 11 is 0. The van der Waals surface area contributed by atoms with Crippen LogP contribution in [0.15, 0.2) is 23.4 Å². The Labute approximate surface area is 110 Å². The number of nitrogens with one attached hydrogen (secondary N) is 1. The van der Waals surface area contributed by atoms with E-state index in [-0.39, 0.29) is 18.2 Å². The zero-order chi connectivity index (χ0) is 13.8. The SMILES string of the molecule is COc1ncccc1NC(=O)C1=NN(C)C(=O)CC1. The Bertz CT molecular complexity index is 542. The van der Waals surface area contributed by atoms with Gasteiger partial charge in [0.15, 0.2) is 0 Å². The number of hydrogen-bond donors (Lipinski definition) is 1. The van der Waals surface area contributed by atoms with Crippen LogP contribution in [0.3, 0.4) is 0 Å². The molecular weight excluding hydrogens is 248 g/mol. The summed E-state index contributed by atoms with van der Waals surface area (Å²) in [6, 6.07) is 3.37. The van der Waals surface area contributed by atoms with Crippen molar-refractivity contribution in [2.45, 2.75) is 12.8 Å². The predicted molar refractivity (Wildman–Crippen MR) is 68.9 cm³/mol. The largest absolute Gasteiger partial charge is 0.480 e. The number of carbonyl (C=O) groups excluding carboxylic acids is 2. The minimum Gasteiger partial charge on any atom is -0.480 e. The van der Waals surface area contributed by atoms with Gasteiger partial charge in [0.25, 0.3) is 5.91 Å². The lowest BCUT2D eigenvalue weighted by Crippen LogP contribution is -2.34. The number of anilines is 1. The van der Waals surface area contributed by atoms with Crippen molar-refractivity contribution in [1.29, 1.82) is 0 Å². The van der Waals surface area contributed by atoms with Crippen molar-refractivity contribution in [3.05, 3.63) is 18.3 Å². The molecule has 1 aromatic rings. The molecule has 0 radical (unpaired) electrons. The fourth-order valence-electron chi connectivity index (χ4n) is 1.68. The van der Waals surface area contributed by atoms with Gasteiger partial charge in [-0.15, -0.1) is 0 Å². The van der Waals surface area contributed by atoms with E-state index in [4.69, 9.17) is 4.74 Å². The fourth-order valence-corrected chi connectivity index (χ4v) is 1.68. The van der Waals surface area contributed by atoms with Crippen molar-refractivity contribution in [1.82, 2.24) is 9.99 Å². The summed E-state index contributed by atoms with van der Waals surface area (Å²) in [7, 11) is 3.00. The topological polar surface area (TPSA) is 83.9 Å². The van der Waals surface area contributed by atoms with Crippen molar-refractivity contribution in [2.24, 2.45) is 5.10 Å². The number of carbonyl (C=O) groups is 2. The van der Waals surface area contributed by atoms with Crippen LogP contribution in [0.25, 0.3) is 0 Å². The van der Waals surface area contributed by atoms with Gasteiger partial charge in [-0.05, 0) is 12.1 Å². The molecule has 1 N–H and O–H groups in total. The lowest BCUT2D eigenvalue weighted by atomic mass is 10.1. The first kappa shape index (κ1) is 13.0. The molecule has 2 amide bonds. The number of pyridine rings is 1. The van der Waals surface area contributed by atoms with Gasteiger partial charge in [0.1, 0.15) is 11.4 Å². The molecule has 0 saturated heterocycles. The summed E-state index contributed by atoms with van der Waals surface area (Å²) in [6.45, 7) is 0.